The molecule has 0 heterocycles. The molecule has 0 saturated heterocycles. The standard InChI is InChI=1S/C17H15FO3/c1-11(17(20)21)15(12-7-9-14(18)10-8-12)16(19)13-5-3-2-4-6-13/h2-11,15H,1H3,(H,20,21)/p-1/t11-,15-/m0/s1. The van der Waals surface area contributed by atoms with Crippen molar-refractivity contribution in [1.29, 1.82) is 0 Å². The van der Waals surface area contributed by atoms with E-state index in [1.54, 1.807) is 30.3 Å². The van der Waals surface area contributed by atoms with Crippen molar-refractivity contribution in [3.8, 4) is 0 Å². The molecule has 2 aromatic carbocycles. The van der Waals surface area contributed by atoms with Gasteiger partial charge in [-0.1, -0.05) is 49.4 Å². The van der Waals surface area contributed by atoms with Crippen molar-refractivity contribution in [3.05, 3.63) is 71.5 Å². The van der Waals surface area contributed by atoms with Gasteiger partial charge in [0, 0.05) is 17.5 Å². The van der Waals surface area contributed by atoms with Crippen molar-refractivity contribution in [1.82, 2.24) is 0 Å². The van der Waals surface area contributed by atoms with Crippen LogP contribution in [0.5, 0.6) is 0 Å². The number of hydrogen-bond donors (Lipinski definition) is 0. The minimum Gasteiger partial charge on any atom is -0.550 e. The van der Waals surface area contributed by atoms with Crippen molar-refractivity contribution in [3.63, 3.8) is 0 Å². The molecule has 21 heavy (non-hydrogen) atoms. The van der Waals surface area contributed by atoms with Gasteiger partial charge in [0.2, 0.25) is 0 Å². The number of carbonyl (C=O) groups excluding carboxylic acids is 2. The summed E-state index contributed by atoms with van der Waals surface area (Å²) in [7, 11) is 0. The average molecular weight is 285 g/mol. The Balaban J connectivity index is 2.44. The monoisotopic (exact) mass is 285 g/mol. The Morgan fingerprint density at radius 2 is 1.57 bits per heavy atom. The minimum atomic E-state index is -1.31. The van der Waals surface area contributed by atoms with Crippen molar-refractivity contribution >= 4 is 11.8 Å². The number of halogens is 1. The van der Waals surface area contributed by atoms with E-state index in [1.807, 2.05) is 0 Å². The van der Waals surface area contributed by atoms with Crippen LogP contribution in [0.4, 0.5) is 4.39 Å². The van der Waals surface area contributed by atoms with E-state index in [4.69, 9.17) is 0 Å². The first kappa shape index (κ1) is 14.9. The molecule has 0 fully saturated rings. The molecule has 0 aromatic heterocycles. The highest BCUT2D eigenvalue weighted by atomic mass is 19.1. The second-order valence-electron chi connectivity index (χ2n) is 4.87. The molecule has 2 rings (SSSR count). The summed E-state index contributed by atoms with van der Waals surface area (Å²) < 4.78 is 13.0. The Kier molecular flexibility index (Phi) is 4.48. The maximum absolute atomic E-state index is 13.0. The fraction of sp³-hybridized carbons (Fsp3) is 0.176. The third kappa shape index (κ3) is 3.34. The lowest BCUT2D eigenvalue weighted by Gasteiger charge is -2.24. The van der Waals surface area contributed by atoms with E-state index in [0.717, 1.165) is 0 Å². The van der Waals surface area contributed by atoms with Gasteiger partial charge in [0.15, 0.2) is 5.78 Å². The molecule has 0 unspecified atom stereocenters. The number of rotatable bonds is 5. The minimum absolute atomic E-state index is 0.320. The number of Topliss-reactive ketones (excluding diaryl/α,β-unsaturated/α-hetero) is 1. The highest BCUT2D eigenvalue weighted by molar-refractivity contribution is 6.02. The zero-order chi connectivity index (χ0) is 15.4. The number of aliphatic carboxylic acids is 1. The number of benzene rings is 2. The summed E-state index contributed by atoms with van der Waals surface area (Å²) in [6.45, 7) is 1.42. The predicted molar refractivity (Wildman–Crippen MR) is 74.1 cm³/mol. The highest BCUT2D eigenvalue weighted by Gasteiger charge is 2.28. The molecule has 0 saturated carbocycles. The van der Waals surface area contributed by atoms with E-state index in [2.05, 4.69) is 0 Å². The number of carboxylic acids is 1. The molecule has 0 amide bonds. The first-order valence-electron chi connectivity index (χ1n) is 6.56. The maximum atomic E-state index is 13.0. The molecule has 4 heteroatoms. The van der Waals surface area contributed by atoms with Crippen LogP contribution in [0.3, 0.4) is 0 Å². The Bertz CT molecular complexity index is 635. The smallest absolute Gasteiger partial charge is 0.170 e. The molecule has 0 aliphatic rings. The molecule has 2 atom stereocenters. The average Bonchev–Trinajstić information content (AvgIpc) is 2.50. The second kappa shape index (κ2) is 6.31. The number of hydrogen-bond acceptors (Lipinski definition) is 3. The first-order valence-corrected chi connectivity index (χ1v) is 6.56. The van der Waals surface area contributed by atoms with Gasteiger partial charge in [-0.25, -0.2) is 4.39 Å². The summed E-state index contributed by atoms with van der Waals surface area (Å²) in [6.07, 6.45) is 0. The molecular formula is C17H14FO3-. The lowest BCUT2D eigenvalue weighted by Crippen LogP contribution is -2.36. The lowest BCUT2D eigenvalue weighted by atomic mass is 9.81. The third-order valence-corrected chi connectivity index (χ3v) is 3.44. The Morgan fingerprint density at radius 1 is 1.00 bits per heavy atom. The second-order valence-corrected chi connectivity index (χ2v) is 4.87. The molecule has 2 aromatic rings. The largest absolute Gasteiger partial charge is 0.550 e. The van der Waals surface area contributed by atoms with Crippen molar-refractivity contribution in [2.75, 3.05) is 0 Å². The summed E-state index contributed by atoms with van der Waals surface area (Å²) in [4.78, 5) is 23.8. The molecule has 0 bridgehead atoms. The SMILES string of the molecule is C[C@H](C(=O)[O-])[C@H](C(=O)c1ccccc1)c1ccc(F)cc1. The zero-order valence-corrected chi connectivity index (χ0v) is 11.5. The van der Waals surface area contributed by atoms with Crippen LogP contribution in [-0.2, 0) is 4.79 Å². The summed E-state index contributed by atoms with van der Waals surface area (Å²) in [5, 5.41) is 11.2. The number of carboxylic acid groups (broad SMARTS) is 1. The van der Waals surface area contributed by atoms with Gasteiger partial charge in [-0.15, -0.1) is 0 Å². The molecule has 0 N–H and O–H groups in total. The van der Waals surface area contributed by atoms with Gasteiger partial charge in [-0.2, -0.15) is 0 Å². The summed E-state index contributed by atoms with van der Waals surface area (Å²) in [6, 6.07) is 13.7. The summed E-state index contributed by atoms with van der Waals surface area (Å²) in [5.74, 6) is -3.99. The Labute approximate surface area is 122 Å². The zero-order valence-electron chi connectivity index (χ0n) is 11.5. The molecule has 0 aliphatic heterocycles. The molecule has 108 valence electrons. The summed E-state index contributed by atoms with van der Waals surface area (Å²) >= 11 is 0. The van der Waals surface area contributed by atoms with Gasteiger partial charge < -0.3 is 9.90 Å². The molecule has 3 nitrogen and oxygen atoms in total. The Hall–Kier alpha value is -2.49. The fourth-order valence-corrected chi connectivity index (χ4v) is 2.26. The van der Waals surface area contributed by atoms with Gasteiger partial charge in [0.1, 0.15) is 5.82 Å². The van der Waals surface area contributed by atoms with Crippen molar-refractivity contribution in [2.45, 2.75) is 12.8 Å². The van der Waals surface area contributed by atoms with Gasteiger partial charge in [0.25, 0.3) is 0 Å². The topological polar surface area (TPSA) is 57.2 Å². The van der Waals surface area contributed by atoms with Crippen LogP contribution in [0.1, 0.15) is 28.8 Å². The van der Waals surface area contributed by atoms with Crippen LogP contribution in [0.15, 0.2) is 54.6 Å². The maximum Gasteiger partial charge on any atom is 0.170 e. The molecule has 0 spiro atoms. The van der Waals surface area contributed by atoms with E-state index in [1.165, 1.54) is 31.2 Å². The van der Waals surface area contributed by atoms with E-state index in [9.17, 15) is 19.1 Å². The van der Waals surface area contributed by atoms with E-state index >= 15 is 0 Å². The van der Waals surface area contributed by atoms with Crippen LogP contribution in [0, 0.1) is 11.7 Å². The normalized spacial score (nSPS) is 13.4. The molecular weight excluding hydrogens is 271 g/mol. The lowest BCUT2D eigenvalue weighted by molar-refractivity contribution is -0.311. The van der Waals surface area contributed by atoms with Gasteiger partial charge in [0.05, 0.1) is 5.92 Å². The summed E-state index contributed by atoms with van der Waals surface area (Å²) in [5.41, 5.74) is 0.877. The van der Waals surface area contributed by atoms with Crippen molar-refractivity contribution in [2.24, 2.45) is 5.92 Å². The predicted octanol–water partition coefficient (Wildman–Crippen LogP) is 2.18. The van der Waals surface area contributed by atoms with Gasteiger partial charge >= 0.3 is 0 Å². The van der Waals surface area contributed by atoms with Crippen LogP contribution < -0.4 is 5.11 Å². The van der Waals surface area contributed by atoms with Crippen LogP contribution in [0.25, 0.3) is 0 Å². The number of carbonyl (C=O) groups is 2. The van der Waals surface area contributed by atoms with Crippen LogP contribution in [0.2, 0.25) is 0 Å². The Morgan fingerprint density at radius 3 is 2.10 bits per heavy atom. The van der Waals surface area contributed by atoms with Gasteiger partial charge in [-0.05, 0) is 17.7 Å². The quantitative estimate of drug-likeness (QED) is 0.791. The molecule has 0 radical (unpaired) electrons. The van der Waals surface area contributed by atoms with Crippen LogP contribution >= 0.6 is 0 Å². The van der Waals surface area contributed by atoms with E-state index in [-0.39, 0.29) is 5.78 Å². The van der Waals surface area contributed by atoms with Crippen molar-refractivity contribution < 1.29 is 19.1 Å². The third-order valence-electron chi connectivity index (χ3n) is 3.44. The fourth-order valence-electron chi connectivity index (χ4n) is 2.26. The van der Waals surface area contributed by atoms with E-state index < -0.39 is 23.6 Å². The highest BCUT2D eigenvalue weighted by Crippen LogP contribution is 2.28. The van der Waals surface area contributed by atoms with Crippen LogP contribution in [-0.4, -0.2) is 11.8 Å². The van der Waals surface area contributed by atoms with Gasteiger partial charge in [-0.3, -0.25) is 4.79 Å². The molecule has 0 aliphatic carbocycles. The number of ketones is 1. The van der Waals surface area contributed by atoms with E-state index in [0.29, 0.717) is 11.1 Å². The first-order chi connectivity index (χ1) is 10.0.